The molecule has 4 heteroatoms. The summed E-state index contributed by atoms with van der Waals surface area (Å²) in [5, 5.41) is 2.75. The maximum Gasteiger partial charge on any atom is 0.180 e. The first-order valence-corrected chi connectivity index (χ1v) is 8.14. The SMILES string of the molecule is Nc1nc(CN2CCC(Cc3ccccc3)CC2)cs1. The van der Waals surface area contributed by atoms with Crippen LogP contribution in [-0.2, 0) is 13.0 Å². The summed E-state index contributed by atoms with van der Waals surface area (Å²) in [4.78, 5) is 6.84. The maximum absolute atomic E-state index is 5.68. The van der Waals surface area contributed by atoms with E-state index in [4.69, 9.17) is 5.73 Å². The largest absolute Gasteiger partial charge is 0.375 e. The van der Waals surface area contributed by atoms with Gasteiger partial charge in [0, 0.05) is 11.9 Å². The van der Waals surface area contributed by atoms with E-state index >= 15 is 0 Å². The van der Waals surface area contributed by atoms with Crippen LogP contribution in [-0.4, -0.2) is 23.0 Å². The van der Waals surface area contributed by atoms with Crippen LogP contribution < -0.4 is 5.73 Å². The molecule has 0 spiro atoms. The first-order chi connectivity index (χ1) is 9.79. The van der Waals surface area contributed by atoms with E-state index in [0.717, 1.165) is 18.2 Å². The minimum absolute atomic E-state index is 0.680. The van der Waals surface area contributed by atoms with Crippen LogP contribution in [0, 0.1) is 5.92 Å². The van der Waals surface area contributed by atoms with Gasteiger partial charge in [0.15, 0.2) is 5.13 Å². The third-order valence-corrected chi connectivity index (χ3v) is 4.75. The number of anilines is 1. The van der Waals surface area contributed by atoms with E-state index in [1.54, 1.807) is 0 Å². The molecule has 0 radical (unpaired) electrons. The van der Waals surface area contributed by atoms with Crippen molar-refractivity contribution in [3.05, 3.63) is 47.0 Å². The van der Waals surface area contributed by atoms with E-state index in [2.05, 4.69) is 45.6 Å². The number of nitrogen functional groups attached to an aromatic ring is 1. The first-order valence-electron chi connectivity index (χ1n) is 7.26. The standard InChI is InChI=1S/C16H21N3S/c17-16-18-15(12-20-16)11-19-8-6-14(7-9-19)10-13-4-2-1-3-5-13/h1-5,12,14H,6-11H2,(H2,17,18). The van der Waals surface area contributed by atoms with E-state index in [-0.39, 0.29) is 0 Å². The minimum atomic E-state index is 0.680. The molecule has 1 saturated heterocycles. The number of thiazole rings is 1. The fraction of sp³-hybridized carbons (Fsp3) is 0.438. The molecule has 3 rings (SSSR count). The van der Waals surface area contributed by atoms with Gasteiger partial charge in [-0.3, -0.25) is 4.90 Å². The van der Waals surface area contributed by atoms with Crippen molar-refractivity contribution in [2.75, 3.05) is 18.8 Å². The summed E-state index contributed by atoms with van der Waals surface area (Å²) in [6, 6.07) is 10.8. The van der Waals surface area contributed by atoms with E-state index in [1.165, 1.54) is 49.3 Å². The molecule has 106 valence electrons. The van der Waals surface area contributed by atoms with Crippen LogP contribution in [0.25, 0.3) is 0 Å². The molecule has 2 aromatic rings. The number of nitrogens with two attached hydrogens (primary N) is 1. The lowest BCUT2D eigenvalue weighted by atomic mass is 9.90. The van der Waals surface area contributed by atoms with Crippen molar-refractivity contribution in [1.29, 1.82) is 0 Å². The molecule has 1 aromatic heterocycles. The second-order valence-electron chi connectivity index (χ2n) is 5.59. The van der Waals surface area contributed by atoms with Crippen molar-refractivity contribution < 1.29 is 0 Å². The summed E-state index contributed by atoms with van der Waals surface area (Å²) in [6.07, 6.45) is 3.79. The molecule has 0 unspecified atom stereocenters. The predicted molar refractivity (Wildman–Crippen MR) is 84.7 cm³/mol. The summed E-state index contributed by atoms with van der Waals surface area (Å²) < 4.78 is 0. The number of piperidine rings is 1. The summed E-state index contributed by atoms with van der Waals surface area (Å²) in [7, 11) is 0. The number of benzene rings is 1. The molecular weight excluding hydrogens is 266 g/mol. The highest BCUT2D eigenvalue weighted by Crippen LogP contribution is 2.23. The fourth-order valence-corrected chi connectivity index (χ4v) is 3.47. The quantitative estimate of drug-likeness (QED) is 0.939. The van der Waals surface area contributed by atoms with Gasteiger partial charge in [-0.15, -0.1) is 11.3 Å². The number of nitrogens with zero attached hydrogens (tertiary/aromatic N) is 2. The van der Waals surface area contributed by atoms with Crippen LogP contribution in [0.2, 0.25) is 0 Å². The van der Waals surface area contributed by atoms with Crippen LogP contribution in [0.3, 0.4) is 0 Å². The molecule has 0 aliphatic carbocycles. The van der Waals surface area contributed by atoms with Crippen LogP contribution in [0.4, 0.5) is 5.13 Å². The average molecular weight is 287 g/mol. The Bertz CT molecular complexity index is 530. The molecule has 3 nitrogen and oxygen atoms in total. The number of rotatable bonds is 4. The van der Waals surface area contributed by atoms with Crippen molar-refractivity contribution in [3.63, 3.8) is 0 Å². The highest BCUT2D eigenvalue weighted by molar-refractivity contribution is 7.13. The second-order valence-corrected chi connectivity index (χ2v) is 6.48. The first kappa shape index (κ1) is 13.6. The van der Waals surface area contributed by atoms with Gasteiger partial charge in [0.2, 0.25) is 0 Å². The minimum Gasteiger partial charge on any atom is -0.375 e. The van der Waals surface area contributed by atoms with Gasteiger partial charge in [-0.1, -0.05) is 30.3 Å². The third kappa shape index (κ3) is 3.58. The summed E-state index contributed by atoms with van der Waals surface area (Å²) in [6.45, 7) is 3.30. The molecule has 1 aliphatic heterocycles. The van der Waals surface area contributed by atoms with Gasteiger partial charge in [0.1, 0.15) is 0 Å². The van der Waals surface area contributed by atoms with Gasteiger partial charge >= 0.3 is 0 Å². The van der Waals surface area contributed by atoms with Crippen LogP contribution in [0.15, 0.2) is 35.7 Å². The van der Waals surface area contributed by atoms with Gasteiger partial charge in [-0.05, 0) is 43.8 Å². The molecule has 1 aromatic carbocycles. The normalized spacial score (nSPS) is 17.4. The molecule has 20 heavy (non-hydrogen) atoms. The smallest absolute Gasteiger partial charge is 0.180 e. The molecule has 1 aliphatic rings. The zero-order chi connectivity index (χ0) is 13.8. The molecule has 2 heterocycles. The zero-order valence-corrected chi connectivity index (χ0v) is 12.5. The third-order valence-electron chi connectivity index (χ3n) is 4.03. The Labute approximate surface area is 124 Å². The predicted octanol–water partition coefficient (Wildman–Crippen LogP) is 3.18. The van der Waals surface area contributed by atoms with E-state index in [9.17, 15) is 0 Å². The van der Waals surface area contributed by atoms with E-state index in [1.807, 2.05) is 0 Å². The Morgan fingerprint density at radius 3 is 2.60 bits per heavy atom. The van der Waals surface area contributed by atoms with Crippen molar-refractivity contribution >= 4 is 16.5 Å². The Kier molecular flexibility index (Phi) is 4.33. The van der Waals surface area contributed by atoms with Gasteiger partial charge in [0.25, 0.3) is 0 Å². The lowest BCUT2D eigenvalue weighted by Gasteiger charge is -2.31. The second kappa shape index (κ2) is 6.37. The number of hydrogen-bond donors (Lipinski definition) is 1. The number of aromatic nitrogens is 1. The fourth-order valence-electron chi connectivity index (χ4n) is 2.92. The Morgan fingerprint density at radius 1 is 1.20 bits per heavy atom. The molecular formula is C16H21N3S. The maximum atomic E-state index is 5.68. The van der Waals surface area contributed by atoms with Crippen molar-refractivity contribution in [1.82, 2.24) is 9.88 Å². The Morgan fingerprint density at radius 2 is 1.95 bits per heavy atom. The lowest BCUT2D eigenvalue weighted by Crippen LogP contribution is -2.33. The Balaban J connectivity index is 1.47. The molecule has 0 saturated carbocycles. The highest BCUT2D eigenvalue weighted by Gasteiger charge is 2.20. The molecule has 0 atom stereocenters. The van der Waals surface area contributed by atoms with Crippen molar-refractivity contribution in [3.8, 4) is 0 Å². The lowest BCUT2D eigenvalue weighted by molar-refractivity contribution is 0.175. The van der Waals surface area contributed by atoms with E-state index < -0.39 is 0 Å². The van der Waals surface area contributed by atoms with Gasteiger partial charge < -0.3 is 5.73 Å². The van der Waals surface area contributed by atoms with Gasteiger partial charge in [-0.2, -0.15) is 0 Å². The van der Waals surface area contributed by atoms with Crippen LogP contribution >= 0.6 is 11.3 Å². The Hall–Kier alpha value is -1.39. The van der Waals surface area contributed by atoms with E-state index in [0.29, 0.717) is 5.13 Å². The molecule has 0 amide bonds. The molecule has 2 N–H and O–H groups in total. The van der Waals surface area contributed by atoms with Gasteiger partial charge in [-0.25, -0.2) is 4.98 Å². The summed E-state index contributed by atoms with van der Waals surface area (Å²) in [5.41, 5.74) is 8.27. The number of hydrogen-bond acceptors (Lipinski definition) is 4. The number of likely N-dealkylation sites (tertiary alicyclic amines) is 1. The average Bonchev–Trinajstić information content (AvgIpc) is 2.88. The highest BCUT2D eigenvalue weighted by atomic mass is 32.1. The molecule has 0 bridgehead atoms. The monoisotopic (exact) mass is 287 g/mol. The van der Waals surface area contributed by atoms with Crippen LogP contribution in [0.5, 0.6) is 0 Å². The summed E-state index contributed by atoms with van der Waals surface area (Å²) >= 11 is 1.54. The van der Waals surface area contributed by atoms with Crippen molar-refractivity contribution in [2.45, 2.75) is 25.8 Å². The topological polar surface area (TPSA) is 42.1 Å². The van der Waals surface area contributed by atoms with Gasteiger partial charge in [0.05, 0.1) is 5.69 Å². The van der Waals surface area contributed by atoms with Crippen LogP contribution in [0.1, 0.15) is 24.1 Å². The zero-order valence-electron chi connectivity index (χ0n) is 11.7. The summed E-state index contributed by atoms with van der Waals surface area (Å²) in [5.74, 6) is 0.828. The van der Waals surface area contributed by atoms with Crippen molar-refractivity contribution in [2.24, 2.45) is 5.92 Å². The molecule has 1 fully saturated rings.